The number of carbonyl (C=O) groups is 1. The molecule has 0 saturated carbocycles. The van der Waals surface area contributed by atoms with Crippen molar-refractivity contribution in [3.05, 3.63) is 58.6 Å². The van der Waals surface area contributed by atoms with E-state index in [1.54, 1.807) is 17.4 Å². The molecule has 5 nitrogen and oxygen atoms in total. The van der Waals surface area contributed by atoms with Crippen molar-refractivity contribution in [3.63, 3.8) is 0 Å². The van der Waals surface area contributed by atoms with Crippen molar-refractivity contribution in [1.29, 1.82) is 0 Å². The summed E-state index contributed by atoms with van der Waals surface area (Å²) in [5.74, 6) is 1.30. The molecule has 0 fully saturated rings. The van der Waals surface area contributed by atoms with Crippen molar-refractivity contribution in [2.75, 3.05) is 18.5 Å². The number of aryl methyl sites for hydroxylation is 2. The highest BCUT2D eigenvalue weighted by atomic mass is 32.1. The van der Waals surface area contributed by atoms with Crippen LogP contribution < -0.4 is 14.8 Å². The summed E-state index contributed by atoms with van der Waals surface area (Å²) in [5.41, 5.74) is 3.87. The van der Waals surface area contributed by atoms with Gasteiger partial charge in [0.2, 0.25) is 5.91 Å². The van der Waals surface area contributed by atoms with Gasteiger partial charge in [0.05, 0.1) is 12.1 Å². The Morgan fingerprint density at radius 2 is 1.93 bits per heavy atom. The minimum absolute atomic E-state index is 0.0748. The molecule has 4 rings (SSSR count). The quantitative estimate of drug-likeness (QED) is 0.730. The van der Waals surface area contributed by atoms with E-state index < -0.39 is 0 Å². The van der Waals surface area contributed by atoms with Gasteiger partial charge in [-0.05, 0) is 32.0 Å². The molecule has 1 N–H and O–H groups in total. The van der Waals surface area contributed by atoms with Crippen LogP contribution in [0.5, 0.6) is 11.5 Å². The number of nitrogens with zero attached hydrogens (tertiary/aromatic N) is 1. The zero-order chi connectivity index (χ0) is 18.8. The molecule has 1 aromatic heterocycles. The van der Waals surface area contributed by atoms with Crippen LogP contribution in [0, 0.1) is 13.8 Å². The second kappa shape index (κ2) is 7.40. The molecule has 0 spiro atoms. The van der Waals surface area contributed by atoms with E-state index in [-0.39, 0.29) is 5.91 Å². The largest absolute Gasteiger partial charge is 0.486 e. The molecule has 2 heterocycles. The van der Waals surface area contributed by atoms with Gasteiger partial charge >= 0.3 is 0 Å². The van der Waals surface area contributed by atoms with Crippen LogP contribution in [-0.4, -0.2) is 24.1 Å². The molecule has 0 saturated heterocycles. The normalized spacial score (nSPS) is 12.7. The summed E-state index contributed by atoms with van der Waals surface area (Å²) in [6.45, 7) is 5.08. The van der Waals surface area contributed by atoms with Gasteiger partial charge in [-0.25, -0.2) is 4.98 Å². The van der Waals surface area contributed by atoms with Crippen LogP contribution in [0.1, 0.15) is 16.1 Å². The van der Waals surface area contributed by atoms with E-state index in [2.05, 4.69) is 29.4 Å². The van der Waals surface area contributed by atoms with Gasteiger partial charge in [0.25, 0.3) is 0 Å². The summed E-state index contributed by atoms with van der Waals surface area (Å²) in [7, 11) is 0. The van der Waals surface area contributed by atoms with Crippen LogP contribution in [0.2, 0.25) is 0 Å². The molecular weight excluding hydrogens is 360 g/mol. The fraction of sp³-hybridized carbons (Fsp3) is 0.238. The molecule has 1 aliphatic heterocycles. The van der Waals surface area contributed by atoms with Crippen molar-refractivity contribution in [2.45, 2.75) is 20.3 Å². The van der Waals surface area contributed by atoms with E-state index in [1.165, 1.54) is 5.56 Å². The van der Waals surface area contributed by atoms with Gasteiger partial charge in [0.1, 0.15) is 18.2 Å². The Morgan fingerprint density at radius 3 is 2.74 bits per heavy atom. The fourth-order valence-corrected chi connectivity index (χ4v) is 4.02. The standard InChI is InChI=1S/C21H20N2O3S/c1-13-4-3-5-15(10-13)21-22-14(2)19(27-21)12-20(24)23-16-6-7-17-18(11-16)26-9-8-25-17/h3-7,10-11H,8-9,12H2,1-2H3,(H,23,24). The summed E-state index contributed by atoms with van der Waals surface area (Å²) in [6, 6.07) is 13.7. The molecule has 138 valence electrons. The van der Waals surface area contributed by atoms with Gasteiger partial charge in [0, 0.05) is 22.2 Å². The molecule has 2 aromatic carbocycles. The van der Waals surface area contributed by atoms with Crippen LogP contribution in [0.3, 0.4) is 0 Å². The van der Waals surface area contributed by atoms with Crippen LogP contribution in [-0.2, 0) is 11.2 Å². The lowest BCUT2D eigenvalue weighted by atomic mass is 10.1. The Hall–Kier alpha value is -2.86. The third kappa shape index (κ3) is 3.95. The van der Waals surface area contributed by atoms with E-state index in [0.717, 1.165) is 21.1 Å². The van der Waals surface area contributed by atoms with Crippen LogP contribution >= 0.6 is 11.3 Å². The first-order valence-corrected chi connectivity index (χ1v) is 9.63. The molecule has 0 radical (unpaired) electrons. The predicted molar refractivity (Wildman–Crippen MR) is 107 cm³/mol. The number of carbonyl (C=O) groups excluding carboxylic acids is 1. The molecule has 0 atom stereocenters. The van der Waals surface area contributed by atoms with Gasteiger partial charge in [-0.3, -0.25) is 4.79 Å². The molecule has 1 amide bonds. The molecule has 1 aliphatic rings. The number of benzene rings is 2. The van der Waals surface area contributed by atoms with Crippen LogP contribution in [0.25, 0.3) is 10.6 Å². The molecule has 0 bridgehead atoms. The number of ether oxygens (including phenoxy) is 2. The van der Waals surface area contributed by atoms with E-state index in [9.17, 15) is 4.79 Å². The Kier molecular flexibility index (Phi) is 4.81. The van der Waals surface area contributed by atoms with E-state index in [1.807, 2.05) is 31.2 Å². The number of nitrogens with one attached hydrogen (secondary N) is 1. The topological polar surface area (TPSA) is 60.5 Å². The predicted octanol–water partition coefficient (Wildman–Crippen LogP) is 4.38. The maximum atomic E-state index is 12.5. The zero-order valence-electron chi connectivity index (χ0n) is 15.2. The average molecular weight is 380 g/mol. The highest BCUT2D eigenvalue weighted by Gasteiger charge is 2.15. The Labute approximate surface area is 162 Å². The first-order valence-electron chi connectivity index (χ1n) is 8.81. The number of hydrogen-bond acceptors (Lipinski definition) is 5. The smallest absolute Gasteiger partial charge is 0.229 e. The van der Waals surface area contributed by atoms with E-state index in [4.69, 9.17) is 9.47 Å². The number of rotatable bonds is 4. The second-order valence-corrected chi connectivity index (χ2v) is 7.56. The Bertz CT molecular complexity index is 997. The maximum absolute atomic E-state index is 12.5. The summed E-state index contributed by atoms with van der Waals surface area (Å²) >= 11 is 1.57. The molecule has 0 unspecified atom stereocenters. The lowest BCUT2D eigenvalue weighted by Gasteiger charge is -2.19. The summed E-state index contributed by atoms with van der Waals surface area (Å²) < 4.78 is 11.1. The van der Waals surface area contributed by atoms with Crippen LogP contribution in [0.15, 0.2) is 42.5 Å². The Balaban J connectivity index is 1.47. The molecule has 3 aromatic rings. The minimum atomic E-state index is -0.0748. The lowest BCUT2D eigenvalue weighted by Crippen LogP contribution is -2.17. The van der Waals surface area contributed by atoms with Crippen molar-refractivity contribution < 1.29 is 14.3 Å². The number of aromatic nitrogens is 1. The number of hydrogen-bond donors (Lipinski definition) is 1. The first kappa shape index (κ1) is 17.5. The highest BCUT2D eigenvalue weighted by Crippen LogP contribution is 2.33. The van der Waals surface area contributed by atoms with Gasteiger partial charge < -0.3 is 14.8 Å². The SMILES string of the molecule is Cc1cccc(-c2nc(C)c(CC(=O)Nc3ccc4c(c3)OCCO4)s2)c1. The number of thiazole rings is 1. The summed E-state index contributed by atoms with van der Waals surface area (Å²) in [6.07, 6.45) is 0.295. The monoisotopic (exact) mass is 380 g/mol. The van der Waals surface area contributed by atoms with Crippen molar-refractivity contribution in [1.82, 2.24) is 4.98 Å². The fourth-order valence-electron chi connectivity index (χ4n) is 2.97. The van der Waals surface area contributed by atoms with Gasteiger partial charge in [-0.15, -0.1) is 11.3 Å². The van der Waals surface area contributed by atoms with E-state index in [0.29, 0.717) is 36.8 Å². The maximum Gasteiger partial charge on any atom is 0.229 e. The lowest BCUT2D eigenvalue weighted by molar-refractivity contribution is -0.115. The molecule has 27 heavy (non-hydrogen) atoms. The third-order valence-corrected chi connectivity index (χ3v) is 5.51. The molecular formula is C21H20N2O3S. The van der Waals surface area contributed by atoms with Crippen molar-refractivity contribution in [3.8, 4) is 22.1 Å². The molecule has 0 aliphatic carbocycles. The average Bonchev–Trinajstić information content (AvgIpc) is 3.02. The minimum Gasteiger partial charge on any atom is -0.486 e. The number of anilines is 1. The highest BCUT2D eigenvalue weighted by molar-refractivity contribution is 7.15. The third-order valence-electron chi connectivity index (χ3n) is 4.30. The van der Waals surface area contributed by atoms with Crippen LogP contribution in [0.4, 0.5) is 5.69 Å². The molecule has 6 heteroatoms. The Morgan fingerprint density at radius 1 is 1.11 bits per heavy atom. The summed E-state index contributed by atoms with van der Waals surface area (Å²) in [4.78, 5) is 18.1. The number of fused-ring (bicyclic) bond motifs is 1. The summed E-state index contributed by atoms with van der Waals surface area (Å²) in [5, 5.41) is 3.87. The van der Waals surface area contributed by atoms with Gasteiger partial charge in [-0.1, -0.05) is 23.8 Å². The van der Waals surface area contributed by atoms with Gasteiger partial charge in [-0.2, -0.15) is 0 Å². The first-order chi connectivity index (χ1) is 13.1. The van der Waals surface area contributed by atoms with E-state index >= 15 is 0 Å². The van der Waals surface area contributed by atoms with Crippen molar-refractivity contribution in [2.24, 2.45) is 0 Å². The van der Waals surface area contributed by atoms with Crippen molar-refractivity contribution >= 4 is 22.9 Å². The zero-order valence-corrected chi connectivity index (χ0v) is 16.1. The second-order valence-electron chi connectivity index (χ2n) is 6.48. The number of amides is 1. The van der Waals surface area contributed by atoms with Gasteiger partial charge in [0.15, 0.2) is 11.5 Å².